The quantitative estimate of drug-likeness (QED) is 0.627. The Balaban J connectivity index is 1.92. The van der Waals surface area contributed by atoms with Crippen LogP contribution in [0.4, 0.5) is 11.5 Å². The molecule has 0 aromatic carbocycles. The van der Waals surface area contributed by atoms with E-state index in [9.17, 15) is 4.79 Å². The molecule has 0 aliphatic carbocycles. The van der Waals surface area contributed by atoms with Gasteiger partial charge in [-0.05, 0) is 43.7 Å². The summed E-state index contributed by atoms with van der Waals surface area (Å²) in [5.74, 6) is 0.364. The molecule has 4 N–H and O–H groups in total. The van der Waals surface area contributed by atoms with Crippen LogP contribution >= 0.6 is 0 Å². The molecule has 0 radical (unpaired) electrons. The highest BCUT2D eigenvalue weighted by Crippen LogP contribution is 2.18. The molecule has 0 bridgehead atoms. The molecule has 7 heteroatoms. The van der Waals surface area contributed by atoms with E-state index in [0.29, 0.717) is 11.5 Å². The number of carbonyl (C=O) groups is 1. The lowest BCUT2D eigenvalue weighted by atomic mass is 10.2. The normalized spacial score (nSPS) is 10.5. The van der Waals surface area contributed by atoms with Gasteiger partial charge in [0.15, 0.2) is 0 Å². The fourth-order valence-electron chi connectivity index (χ4n) is 2.64. The Hall–Kier alpha value is -2.67. The number of aromatic nitrogens is 2. The highest BCUT2D eigenvalue weighted by atomic mass is 16.1. The maximum absolute atomic E-state index is 11.7. The van der Waals surface area contributed by atoms with Gasteiger partial charge >= 0.3 is 0 Å². The van der Waals surface area contributed by atoms with Crippen molar-refractivity contribution in [1.29, 1.82) is 0 Å². The first-order valence-electron chi connectivity index (χ1n) is 8.41. The molecule has 2 aromatic rings. The van der Waals surface area contributed by atoms with E-state index in [1.54, 1.807) is 19.3 Å². The van der Waals surface area contributed by atoms with Gasteiger partial charge in [0.05, 0.1) is 11.4 Å². The van der Waals surface area contributed by atoms with Gasteiger partial charge in [-0.25, -0.2) is 9.97 Å². The van der Waals surface area contributed by atoms with E-state index in [1.807, 2.05) is 25.1 Å². The van der Waals surface area contributed by atoms with Crippen molar-refractivity contribution in [3.8, 4) is 0 Å². The van der Waals surface area contributed by atoms with E-state index in [1.165, 1.54) is 0 Å². The number of anilines is 2. The predicted molar refractivity (Wildman–Crippen MR) is 101 cm³/mol. The molecule has 0 aliphatic heterocycles. The predicted octanol–water partition coefficient (Wildman–Crippen LogP) is 1.34. The number of rotatable bonds is 8. The summed E-state index contributed by atoms with van der Waals surface area (Å²) in [6.45, 7) is 7.32. The van der Waals surface area contributed by atoms with Crippen molar-refractivity contribution in [1.82, 2.24) is 20.6 Å². The smallest absolute Gasteiger partial charge is 0.269 e. The van der Waals surface area contributed by atoms with Gasteiger partial charge in [0.1, 0.15) is 11.5 Å². The third-order valence-corrected chi connectivity index (χ3v) is 3.97. The van der Waals surface area contributed by atoms with E-state index in [4.69, 9.17) is 5.73 Å². The topological polar surface area (TPSA) is 96.2 Å². The molecule has 2 aromatic heterocycles. The number of hydrogen-bond donors (Lipinski definition) is 3. The molecule has 2 heterocycles. The summed E-state index contributed by atoms with van der Waals surface area (Å²) < 4.78 is 0. The van der Waals surface area contributed by atoms with Gasteiger partial charge in [0.25, 0.3) is 5.91 Å². The van der Waals surface area contributed by atoms with Gasteiger partial charge in [-0.1, -0.05) is 0 Å². The molecule has 0 saturated carbocycles. The molecule has 25 heavy (non-hydrogen) atoms. The minimum Gasteiger partial charge on any atom is -0.384 e. The Morgan fingerprint density at radius 1 is 1.32 bits per heavy atom. The molecular formula is C18H26N6O. The largest absolute Gasteiger partial charge is 0.384 e. The van der Waals surface area contributed by atoms with Crippen LogP contribution in [0.3, 0.4) is 0 Å². The average Bonchev–Trinajstić information content (AvgIpc) is 2.61. The van der Waals surface area contributed by atoms with E-state index in [0.717, 1.165) is 43.1 Å². The van der Waals surface area contributed by atoms with Crippen molar-refractivity contribution < 1.29 is 4.79 Å². The molecule has 0 unspecified atom stereocenters. The summed E-state index contributed by atoms with van der Waals surface area (Å²) in [5, 5.41) is 6.01. The van der Waals surface area contributed by atoms with Crippen LogP contribution in [0.25, 0.3) is 0 Å². The second-order valence-corrected chi connectivity index (χ2v) is 5.73. The van der Waals surface area contributed by atoms with Crippen LogP contribution in [0.2, 0.25) is 0 Å². The first kappa shape index (κ1) is 18.7. The first-order chi connectivity index (χ1) is 12.0. The van der Waals surface area contributed by atoms with Gasteiger partial charge in [0.2, 0.25) is 0 Å². The van der Waals surface area contributed by atoms with Crippen molar-refractivity contribution in [3.63, 3.8) is 0 Å². The third-order valence-electron chi connectivity index (χ3n) is 3.97. The van der Waals surface area contributed by atoms with Crippen LogP contribution < -0.4 is 21.3 Å². The molecule has 0 spiro atoms. The highest BCUT2D eigenvalue weighted by molar-refractivity contribution is 5.92. The van der Waals surface area contributed by atoms with Crippen molar-refractivity contribution >= 4 is 17.4 Å². The number of amides is 1. The number of nitrogens with two attached hydrogens (primary N) is 1. The van der Waals surface area contributed by atoms with Crippen molar-refractivity contribution in [2.45, 2.75) is 20.4 Å². The maximum atomic E-state index is 11.7. The standard InChI is InChI=1S/C18H26N6O/c1-4-24(10-9-21-12-14-7-8-22-17(19)11-14)16-6-5-15(18(25)20-3)23-13(16)2/h5-8,11,21H,4,9-10,12H2,1-3H3,(H2,19,22)(H,20,25). The molecule has 0 fully saturated rings. The third kappa shape index (κ3) is 5.15. The van der Waals surface area contributed by atoms with Crippen molar-refractivity contribution in [2.24, 2.45) is 0 Å². The SMILES string of the molecule is CCN(CCNCc1ccnc(N)c1)c1ccc(C(=O)NC)nc1C. The summed E-state index contributed by atoms with van der Waals surface area (Å²) in [6, 6.07) is 7.54. The zero-order valence-electron chi connectivity index (χ0n) is 15.0. The number of likely N-dealkylation sites (N-methyl/N-ethyl adjacent to an activating group) is 1. The number of carbonyl (C=O) groups excluding carboxylic acids is 1. The summed E-state index contributed by atoms with van der Waals surface area (Å²) in [5.41, 5.74) is 9.14. The Morgan fingerprint density at radius 2 is 2.12 bits per heavy atom. The Labute approximate surface area is 148 Å². The van der Waals surface area contributed by atoms with Crippen LogP contribution in [0.1, 0.15) is 28.7 Å². The monoisotopic (exact) mass is 342 g/mol. The fraction of sp³-hybridized carbons (Fsp3) is 0.389. The average molecular weight is 342 g/mol. The van der Waals surface area contributed by atoms with Crippen LogP contribution in [0, 0.1) is 6.92 Å². The van der Waals surface area contributed by atoms with Crippen LogP contribution in [-0.2, 0) is 6.54 Å². The molecule has 1 amide bonds. The fourth-order valence-corrected chi connectivity index (χ4v) is 2.64. The molecule has 2 rings (SSSR count). The van der Waals surface area contributed by atoms with Gasteiger partial charge in [-0.2, -0.15) is 0 Å². The number of nitrogen functional groups attached to an aromatic ring is 1. The Bertz CT molecular complexity index is 718. The molecule has 0 atom stereocenters. The lowest BCUT2D eigenvalue weighted by molar-refractivity contribution is 0.0958. The molecule has 134 valence electrons. The van der Waals surface area contributed by atoms with Crippen LogP contribution in [0.5, 0.6) is 0 Å². The lowest BCUT2D eigenvalue weighted by Crippen LogP contribution is -2.32. The Kier molecular flexibility index (Phi) is 6.71. The van der Waals surface area contributed by atoms with Gasteiger partial charge < -0.3 is 21.3 Å². The Morgan fingerprint density at radius 3 is 2.76 bits per heavy atom. The van der Waals surface area contributed by atoms with Crippen LogP contribution in [0.15, 0.2) is 30.5 Å². The van der Waals surface area contributed by atoms with E-state index >= 15 is 0 Å². The van der Waals surface area contributed by atoms with Gasteiger partial charge in [-0.15, -0.1) is 0 Å². The summed E-state index contributed by atoms with van der Waals surface area (Å²) in [4.78, 5) is 22.3. The number of pyridine rings is 2. The second-order valence-electron chi connectivity index (χ2n) is 5.73. The summed E-state index contributed by atoms with van der Waals surface area (Å²) in [6.07, 6.45) is 1.72. The zero-order valence-corrected chi connectivity index (χ0v) is 15.0. The summed E-state index contributed by atoms with van der Waals surface area (Å²) in [7, 11) is 1.60. The maximum Gasteiger partial charge on any atom is 0.269 e. The van der Waals surface area contributed by atoms with Gasteiger partial charge in [-0.3, -0.25) is 4.79 Å². The zero-order chi connectivity index (χ0) is 18.2. The highest BCUT2D eigenvalue weighted by Gasteiger charge is 2.12. The minimum atomic E-state index is -0.170. The van der Waals surface area contributed by atoms with Crippen molar-refractivity contribution in [2.75, 3.05) is 37.3 Å². The molecule has 0 saturated heterocycles. The number of nitrogens with one attached hydrogen (secondary N) is 2. The van der Waals surface area contributed by atoms with E-state index in [-0.39, 0.29) is 5.91 Å². The summed E-state index contributed by atoms with van der Waals surface area (Å²) >= 11 is 0. The molecule has 0 aliphatic rings. The number of nitrogens with zero attached hydrogens (tertiary/aromatic N) is 3. The number of aryl methyl sites for hydroxylation is 1. The van der Waals surface area contributed by atoms with Crippen molar-refractivity contribution in [3.05, 3.63) is 47.4 Å². The first-order valence-corrected chi connectivity index (χ1v) is 8.41. The van der Waals surface area contributed by atoms with Crippen LogP contribution in [-0.4, -0.2) is 42.6 Å². The number of hydrogen-bond acceptors (Lipinski definition) is 6. The van der Waals surface area contributed by atoms with E-state index in [2.05, 4.69) is 32.4 Å². The second kappa shape index (κ2) is 8.98. The lowest BCUT2D eigenvalue weighted by Gasteiger charge is -2.25. The van der Waals surface area contributed by atoms with E-state index < -0.39 is 0 Å². The minimum absolute atomic E-state index is 0.170. The van der Waals surface area contributed by atoms with Gasteiger partial charge in [0, 0.05) is 39.4 Å². The molecule has 7 nitrogen and oxygen atoms in total. The molecular weight excluding hydrogens is 316 g/mol.